The maximum Gasteiger partial charge on any atom is 0.429 e. The summed E-state index contributed by atoms with van der Waals surface area (Å²) in [6, 6.07) is -0.491. The van der Waals surface area contributed by atoms with Crippen LogP contribution < -0.4 is 5.32 Å². The minimum atomic E-state index is -1.34. The Kier molecular flexibility index (Phi) is 3.03. The Morgan fingerprint density at radius 2 is 2.21 bits per heavy atom. The van der Waals surface area contributed by atoms with Gasteiger partial charge in [-0.15, -0.1) is 0 Å². The molecule has 4 N–H and O–H groups in total. The van der Waals surface area contributed by atoms with Gasteiger partial charge < -0.3 is 19.8 Å². The summed E-state index contributed by atoms with van der Waals surface area (Å²) in [5.41, 5.74) is -1.89. The minimum absolute atomic E-state index is 0.112. The fourth-order valence-electron chi connectivity index (χ4n) is 4.81. The Morgan fingerprint density at radius 3 is 2.83 bits per heavy atom. The Hall–Kier alpha value is -1.81. The van der Waals surface area contributed by atoms with Crippen molar-refractivity contribution in [3.05, 3.63) is 11.8 Å². The summed E-state index contributed by atoms with van der Waals surface area (Å²) in [6.45, 7) is 2.94. The molecular formula is C15H20N3O6+. The number of amides is 4. The fraction of sp³-hybridized carbons (Fsp3) is 0.667. The molecule has 5 unspecified atom stereocenters. The molecule has 1 aliphatic carbocycles. The van der Waals surface area contributed by atoms with Crippen molar-refractivity contribution in [3.8, 4) is 0 Å². The molecule has 3 heterocycles. The second-order valence-corrected chi connectivity index (χ2v) is 7.12. The lowest BCUT2D eigenvalue weighted by atomic mass is 9.61. The van der Waals surface area contributed by atoms with Gasteiger partial charge in [0.15, 0.2) is 0 Å². The quantitative estimate of drug-likeness (QED) is 0.520. The molecule has 1 saturated carbocycles. The van der Waals surface area contributed by atoms with Crippen LogP contribution >= 0.6 is 0 Å². The van der Waals surface area contributed by atoms with E-state index in [9.17, 15) is 24.6 Å². The van der Waals surface area contributed by atoms with Gasteiger partial charge in [-0.3, -0.25) is 4.79 Å². The molecule has 3 fully saturated rings. The molecule has 130 valence electrons. The number of aliphatic hydroxyl groups is 2. The van der Waals surface area contributed by atoms with Gasteiger partial charge in [0, 0.05) is 37.9 Å². The van der Waals surface area contributed by atoms with E-state index in [4.69, 9.17) is 4.74 Å². The molecule has 0 radical (unpaired) electrons. The highest BCUT2D eigenvalue weighted by atomic mass is 16.6. The molecule has 0 aromatic rings. The number of hydrogen-bond donors (Lipinski definition) is 3. The molecule has 0 bridgehead atoms. The molecule has 3 aliphatic heterocycles. The van der Waals surface area contributed by atoms with Crippen molar-refractivity contribution >= 4 is 17.8 Å². The molecule has 24 heavy (non-hydrogen) atoms. The van der Waals surface area contributed by atoms with Crippen LogP contribution in [0, 0.1) is 11.8 Å². The van der Waals surface area contributed by atoms with Crippen LogP contribution in [0.4, 0.5) is 4.79 Å². The number of nitrogens with zero attached hydrogens (tertiary/aromatic N) is 2. The van der Waals surface area contributed by atoms with Crippen LogP contribution in [-0.4, -0.2) is 68.6 Å². The predicted molar refractivity (Wildman–Crippen MR) is 76.5 cm³/mol. The summed E-state index contributed by atoms with van der Waals surface area (Å²) >= 11 is 0. The zero-order valence-electron chi connectivity index (χ0n) is 13.4. The van der Waals surface area contributed by atoms with Gasteiger partial charge in [0.25, 0.3) is 0 Å². The van der Waals surface area contributed by atoms with Crippen LogP contribution in [0.25, 0.3) is 0 Å². The van der Waals surface area contributed by atoms with Gasteiger partial charge >= 0.3 is 11.9 Å². The first-order valence-electron chi connectivity index (χ1n) is 7.92. The normalized spacial score (nSPS) is 43.7. The van der Waals surface area contributed by atoms with E-state index in [2.05, 4.69) is 0 Å². The van der Waals surface area contributed by atoms with Crippen molar-refractivity contribution in [2.75, 3.05) is 13.2 Å². The van der Waals surface area contributed by atoms with Gasteiger partial charge in [-0.1, -0.05) is 0 Å². The number of hydrogen-bond acceptors (Lipinski definition) is 6. The maximum absolute atomic E-state index is 12.3. The number of rotatable bonds is 2. The van der Waals surface area contributed by atoms with Gasteiger partial charge in [-0.05, 0) is 6.92 Å². The van der Waals surface area contributed by atoms with Gasteiger partial charge in [0.2, 0.25) is 5.91 Å². The SMILES string of the molecule is CC(=O)N1CC2C(N3C=C(C)C(=O)[NH2+]C3=O)OC3(CO)CC1(O)C23. The summed E-state index contributed by atoms with van der Waals surface area (Å²) in [6.07, 6.45) is 0.828. The number of ether oxygens (including phenoxy) is 1. The number of likely N-dealkylation sites (tertiary alicyclic amines) is 1. The lowest BCUT2D eigenvalue weighted by molar-refractivity contribution is -0.478. The summed E-state index contributed by atoms with van der Waals surface area (Å²) in [7, 11) is 0. The second kappa shape index (κ2) is 4.63. The van der Waals surface area contributed by atoms with Crippen molar-refractivity contribution in [2.24, 2.45) is 11.8 Å². The number of carbonyl (C=O) groups is 3. The number of nitrogens with two attached hydrogens (primary N) is 1. The maximum atomic E-state index is 12.3. The van der Waals surface area contributed by atoms with Crippen LogP contribution in [0.1, 0.15) is 20.3 Å². The third-order valence-corrected chi connectivity index (χ3v) is 5.79. The Labute approximate surface area is 137 Å². The van der Waals surface area contributed by atoms with Gasteiger partial charge in [0.05, 0.1) is 12.2 Å². The number of urea groups is 1. The molecule has 4 aliphatic rings. The molecule has 4 rings (SSSR count). The first-order chi connectivity index (χ1) is 11.2. The number of primary amides is 2. The standard InChI is InChI=1S/C15H19N3O6/c1-7-3-17(13(22)16-11(7)21)12-9-4-18(8(2)20)15(23)5-14(6-19,24-12)10(9)15/h3,9-10,12,19,23H,4-6H2,1-2H3,(H,16,21,22)/p+1. The van der Waals surface area contributed by atoms with E-state index in [1.165, 1.54) is 22.9 Å². The van der Waals surface area contributed by atoms with E-state index in [-0.39, 0.29) is 37.3 Å². The van der Waals surface area contributed by atoms with Crippen molar-refractivity contribution < 1.29 is 34.7 Å². The summed E-state index contributed by atoms with van der Waals surface area (Å²) in [4.78, 5) is 38.5. The van der Waals surface area contributed by atoms with E-state index in [0.717, 1.165) is 5.32 Å². The average molecular weight is 338 g/mol. The Bertz CT molecular complexity index is 693. The minimum Gasteiger partial charge on any atom is -0.393 e. The van der Waals surface area contributed by atoms with E-state index >= 15 is 0 Å². The number of carbonyl (C=O) groups excluding carboxylic acids is 3. The third kappa shape index (κ3) is 1.70. The molecular weight excluding hydrogens is 318 g/mol. The van der Waals surface area contributed by atoms with Gasteiger partial charge in [-0.2, -0.15) is 5.32 Å². The zero-order valence-corrected chi connectivity index (χ0v) is 13.4. The fourth-order valence-corrected chi connectivity index (χ4v) is 4.81. The smallest absolute Gasteiger partial charge is 0.393 e. The lowest BCUT2D eigenvalue weighted by Crippen LogP contribution is -2.95. The topological polar surface area (TPSA) is 124 Å². The molecule has 9 nitrogen and oxygen atoms in total. The first kappa shape index (κ1) is 15.7. The number of quaternary nitrogens is 1. The van der Waals surface area contributed by atoms with Crippen LogP contribution in [0.5, 0.6) is 0 Å². The van der Waals surface area contributed by atoms with E-state index < -0.39 is 29.5 Å². The summed E-state index contributed by atoms with van der Waals surface area (Å²) < 4.78 is 6.00. The van der Waals surface area contributed by atoms with Crippen LogP contribution in [-0.2, 0) is 14.3 Å². The Balaban J connectivity index is 1.71. The predicted octanol–water partition coefficient (Wildman–Crippen LogP) is -2.31. The van der Waals surface area contributed by atoms with Crippen molar-refractivity contribution in [3.63, 3.8) is 0 Å². The molecule has 9 heteroatoms. The largest absolute Gasteiger partial charge is 0.429 e. The average Bonchev–Trinajstić information content (AvgIpc) is 2.90. The number of aliphatic hydroxyl groups excluding tert-OH is 1. The molecule has 0 aromatic carbocycles. The summed E-state index contributed by atoms with van der Waals surface area (Å²) in [5, 5.41) is 21.7. The lowest BCUT2D eigenvalue weighted by Gasteiger charge is -2.55. The Morgan fingerprint density at radius 1 is 1.50 bits per heavy atom. The van der Waals surface area contributed by atoms with Crippen LogP contribution in [0.15, 0.2) is 11.8 Å². The zero-order chi connectivity index (χ0) is 17.4. The summed E-state index contributed by atoms with van der Waals surface area (Å²) in [5.74, 6) is -1.38. The van der Waals surface area contributed by atoms with Crippen molar-refractivity contribution in [1.29, 1.82) is 0 Å². The second-order valence-electron chi connectivity index (χ2n) is 7.12. The molecule has 0 spiro atoms. The molecule has 5 atom stereocenters. The molecule has 2 saturated heterocycles. The van der Waals surface area contributed by atoms with Crippen molar-refractivity contribution in [2.45, 2.75) is 37.8 Å². The van der Waals surface area contributed by atoms with Crippen molar-refractivity contribution in [1.82, 2.24) is 9.80 Å². The van der Waals surface area contributed by atoms with E-state index in [1.54, 1.807) is 6.92 Å². The highest BCUT2D eigenvalue weighted by Gasteiger charge is 2.79. The van der Waals surface area contributed by atoms with Crippen LogP contribution in [0.2, 0.25) is 0 Å². The molecule has 4 amide bonds. The number of imide groups is 1. The van der Waals surface area contributed by atoms with Gasteiger partial charge in [-0.25, -0.2) is 14.5 Å². The first-order valence-corrected chi connectivity index (χ1v) is 7.92. The highest BCUT2D eigenvalue weighted by molar-refractivity contribution is 5.93. The van der Waals surface area contributed by atoms with E-state index in [1.807, 2.05) is 0 Å². The van der Waals surface area contributed by atoms with E-state index in [0.29, 0.717) is 5.57 Å². The highest BCUT2D eigenvalue weighted by Crippen LogP contribution is 2.64. The van der Waals surface area contributed by atoms with Gasteiger partial charge in [0.1, 0.15) is 17.6 Å². The third-order valence-electron chi connectivity index (χ3n) is 5.79. The monoisotopic (exact) mass is 338 g/mol. The molecule has 0 aromatic heterocycles. The van der Waals surface area contributed by atoms with Crippen LogP contribution in [0.3, 0.4) is 0 Å².